The molecule has 0 amide bonds. The number of para-hydroxylation sites is 4. The van der Waals surface area contributed by atoms with Crippen molar-refractivity contribution in [2.75, 3.05) is 0 Å². The van der Waals surface area contributed by atoms with E-state index >= 15 is 0 Å². The van der Waals surface area contributed by atoms with Crippen LogP contribution in [0.15, 0.2) is 315 Å². The molecule has 0 saturated heterocycles. The van der Waals surface area contributed by atoms with Crippen LogP contribution in [-0.2, 0) is 0 Å². The molecule has 0 aliphatic heterocycles. The zero-order valence-corrected chi connectivity index (χ0v) is 43.9. The quantitative estimate of drug-likeness (QED) is 0.129. The molecule has 2 heteroatoms. The van der Waals surface area contributed by atoms with E-state index in [1.54, 1.807) is 0 Å². The molecule has 0 aliphatic carbocycles. The van der Waals surface area contributed by atoms with Gasteiger partial charge < -0.3 is 9.13 Å². The summed E-state index contributed by atoms with van der Waals surface area (Å²) in [5.74, 6) is 0. The van der Waals surface area contributed by atoms with Crippen molar-refractivity contribution in [2.45, 2.75) is 0 Å². The molecule has 0 bridgehead atoms. The highest BCUT2D eigenvalue weighted by atomic mass is 15.0. The van der Waals surface area contributed by atoms with Crippen LogP contribution < -0.4 is 0 Å². The first-order chi connectivity index (χ1) is 39.6. The Bertz CT molecular complexity index is 4760. The lowest BCUT2D eigenvalue weighted by molar-refractivity contribution is 1.18. The molecule has 2 heterocycles. The maximum atomic E-state index is 2.45. The van der Waals surface area contributed by atoms with Crippen molar-refractivity contribution in [2.24, 2.45) is 0 Å². The Morgan fingerprint density at radius 2 is 0.463 bits per heavy atom. The van der Waals surface area contributed by atoms with E-state index < -0.39 is 0 Å². The summed E-state index contributed by atoms with van der Waals surface area (Å²) in [6, 6.07) is 115. The largest absolute Gasteiger partial charge is 0.309 e. The first-order valence-corrected chi connectivity index (χ1v) is 27.5. The summed E-state index contributed by atoms with van der Waals surface area (Å²) in [6.07, 6.45) is 0. The summed E-state index contributed by atoms with van der Waals surface area (Å²) in [6.45, 7) is 0. The van der Waals surface area contributed by atoms with E-state index in [4.69, 9.17) is 0 Å². The Labute approximate surface area is 466 Å². The van der Waals surface area contributed by atoms with Crippen molar-refractivity contribution in [1.29, 1.82) is 0 Å². The van der Waals surface area contributed by atoms with Crippen LogP contribution in [0.4, 0.5) is 0 Å². The van der Waals surface area contributed by atoms with Crippen LogP contribution >= 0.6 is 0 Å². The van der Waals surface area contributed by atoms with Crippen LogP contribution in [0.25, 0.3) is 144 Å². The third kappa shape index (κ3) is 8.39. The van der Waals surface area contributed by atoms with Crippen molar-refractivity contribution in [1.82, 2.24) is 9.13 Å². The first kappa shape index (κ1) is 46.7. The fraction of sp³-hybridized carbons (Fsp3) is 0. The van der Waals surface area contributed by atoms with Gasteiger partial charge in [-0.05, 0) is 150 Å². The molecule has 0 fully saturated rings. The summed E-state index contributed by atoms with van der Waals surface area (Å²) < 4.78 is 4.83. The molecular formula is C78H52N2. The predicted molar refractivity (Wildman–Crippen MR) is 339 cm³/mol. The van der Waals surface area contributed by atoms with Gasteiger partial charge >= 0.3 is 0 Å². The molecule has 15 aromatic rings. The monoisotopic (exact) mass is 1020 g/mol. The average molecular weight is 1020 g/mol. The van der Waals surface area contributed by atoms with Gasteiger partial charge in [0.15, 0.2) is 0 Å². The third-order valence-corrected chi connectivity index (χ3v) is 16.2. The summed E-state index contributed by atoms with van der Waals surface area (Å²) in [7, 11) is 0. The maximum absolute atomic E-state index is 2.45. The van der Waals surface area contributed by atoms with E-state index in [1.807, 2.05) is 0 Å². The molecule has 0 spiro atoms. The van der Waals surface area contributed by atoms with E-state index in [0.717, 1.165) is 5.69 Å². The third-order valence-electron chi connectivity index (χ3n) is 16.2. The van der Waals surface area contributed by atoms with Crippen molar-refractivity contribution in [3.8, 4) is 100 Å². The minimum atomic E-state index is 1.16. The van der Waals surface area contributed by atoms with Crippen LogP contribution in [0, 0.1) is 0 Å². The second-order valence-electron chi connectivity index (χ2n) is 20.9. The van der Waals surface area contributed by atoms with Crippen molar-refractivity contribution < 1.29 is 0 Å². The molecule has 0 saturated carbocycles. The number of nitrogens with zero attached hydrogens (tertiary/aromatic N) is 2. The molecule has 0 N–H and O–H groups in total. The molecule has 2 nitrogen and oxygen atoms in total. The summed E-state index contributed by atoms with van der Waals surface area (Å²) >= 11 is 0. The SMILES string of the molecule is c1ccc(-c2ccc(-c3ccc(-c4cccc(-c5cccc(-c6ccc(-c7ccc(-c8ccccc8-n8c9ccccc9c9cc(-c%10ccc%11c(c%10)c%10ccccc%10n%11-c%10ccccc%10)ccc98)cc7)cc6)c5)c4)cc3)cc2)cc1. The van der Waals surface area contributed by atoms with Crippen LogP contribution in [0.5, 0.6) is 0 Å². The Morgan fingerprint density at radius 3 is 0.950 bits per heavy atom. The van der Waals surface area contributed by atoms with Gasteiger partial charge in [0.2, 0.25) is 0 Å². The molecule has 0 atom stereocenters. The van der Waals surface area contributed by atoms with E-state index in [0.29, 0.717) is 0 Å². The highest BCUT2D eigenvalue weighted by Crippen LogP contribution is 2.41. The zero-order valence-electron chi connectivity index (χ0n) is 43.9. The predicted octanol–water partition coefficient (Wildman–Crippen LogP) is 21.2. The van der Waals surface area contributed by atoms with E-state index in [9.17, 15) is 0 Å². The molecule has 80 heavy (non-hydrogen) atoms. The van der Waals surface area contributed by atoms with Crippen LogP contribution in [0.1, 0.15) is 0 Å². The van der Waals surface area contributed by atoms with Gasteiger partial charge in [0.25, 0.3) is 0 Å². The smallest absolute Gasteiger partial charge is 0.0541 e. The number of rotatable bonds is 10. The average Bonchev–Trinajstić information content (AvgIpc) is 4.23. The maximum Gasteiger partial charge on any atom is 0.0541 e. The van der Waals surface area contributed by atoms with Gasteiger partial charge in [-0.2, -0.15) is 0 Å². The minimum absolute atomic E-state index is 1.16. The Balaban J connectivity index is 0.681. The highest BCUT2D eigenvalue weighted by molar-refractivity contribution is 6.13. The molecule has 2 aromatic heterocycles. The van der Waals surface area contributed by atoms with Crippen LogP contribution in [0.3, 0.4) is 0 Å². The highest BCUT2D eigenvalue weighted by Gasteiger charge is 2.18. The summed E-state index contributed by atoms with van der Waals surface area (Å²) in [5.41, 5.74) is 26.3. The lowest BCUT2D eigenvalue weighted by Gasteiger charge is -2.15. The van der Waals surface area contributed by atoms with Crippen molar-refractivity contribution in [3.63, 3.8) is 0 Å². The van der Waals surface area contributed by atoms with E-state index in [-0.39, 0.29) is 0 Å². The second-order valence-corrected chi connectivity index (χ2v) is 20.9. The van der Waals surface area contributed by atoms with Gasteiger partial charge in [0, 0.05) is 32.8 Å². The van der Waals surface area contributed by atoms with Gasteiger partial charge in [-0.3, -0.25) is 0 Å². The van der Waals surface area contributed by atoms with Crippen molar-refractivity contribution in [3.05, 3.63) is 315 Å². The van der Waals surface area contributed by atoms with E-state index in [1.165, 1.54) is 138 Å². The van der Waals surface area contributed by atoms with Crippen LogP contribution in [-0.4, -0.2) is 9.13 Å². The summed E-state index contributed by atoms with van der Waals surface area (Å²) in [5, 5.41) is 4.98. The molecular weight excluding hydrogens is 965 g/mol. The number of benzene rings is 13. The summed E-state index contributed by atoms with van der Waals surface area (Å²) in [4.78, 5) is 0. The Hall–Kier alpha value is -10.5. The van der Waals surface area contributed by atoms with Crippen LogP contribution in [0.2, 0.25) is 0 Å². The standard InChI is InChI=1S/C78H52N2/c1-3-15-53(16-4-1)54-29-31-55(32-30-54)56-33-37-59(38-34-56)62-17-13-19-64(49-62)65-20-14-18-63(50-65)60-39-35-57(36-40-60)58-41-43-61(44-42-58)69-23-7-10-26-74(69)80-76-28-12-9-25-71(76)73-52-67(46-48-78(73)80)66-45-47-77-72(51-66)70-24-8-11-27-75(70)79(77)68-21-5-2-6-22-68/h1-52H. The number of hydrogen-bond acceptors (Lipinski definition) is 0. The van der Waals surface area contributed by atoms with Crippen molar-refractivity contribution >= 4 is 43.6 Å². The second kappa shape index (κ2) is 19.8. The van der Waals surface area contributed by atoms with E-state index in [2.05, 4.69) is 325 Å². The Morgan fingerprint density at radius 1 is 0.163 bits per heavy atom. The minimum Gasteiger partial charge on any atom is -0.309 e. The molecule has 0 aliphatic rings. The van der Waals surface area contributed by atoms with Gasteiger partial charge in [0.05, 0.1) is 27.8 Å². The molecule has 15 rings (SSSR count). The van der Waals surface area contributed by atoms with Gasteiger partial charge in [0.1, 0.15) is 0 Å². The molecule has 0 radical (unpaired) electrons. The molecule has 13 aromatic carbocycles. The Kier molecular flexibility index (Phi) is 11.6. The normalized spacial score (nSPS) is 11.5. The topological polar surface area (TPSA) is 9.86 Å². The fourth-order valence-electron chi connectivity index (χ4n) is 12.1. The number of aromatic nitrogens is 2. The van der Waals surface area contributed by atoms with Gasteiger partial charge in [-0.1, -0.05) is 249 Å². The fourth-order valence-corrected chi connectivity index (χ4v) is 12.1. The first-order valence-electron chi connectivity index (χ1n) is 27.5. The lowest BCUT2D eigenvalue weighted by atomic mass is 9.94. The lowest BCUT2D eigenvalue weighted by Crippen LogP contribution is -1.97. The number of hydrogen-bond donors (Lipinski definition) is 0. The number of fused-ring (bicyclic) bond motifs is 6. The zero-order chi connectivity index (χ0) is 52.9. The van der Waals surface area contributed by atoms with Gasteiger partial charge in [-0.15, -0.1) is 0 Å². The van der Waals surface area contributed by atoms with Gasteiger partial charge in [-0.25, -0.2) is 0 Å². The molecule has 374 valence electrons. The molecule has 0 unspecified atom stereocenters.